The minimum atomic E-state index is -0.596. The van der Waals surface area contributed by atoms with E-state index in [2.05, 4.69) is 20.2 Å². The van der Waals surface area contributed by atoms with Crippen LogP contribution in [0.15, 0.2) is 12.4 Å². The van der Waals surface area contributed by atoms with Gasteiger partial charge in [-0.3, -0.25) is 19.3 Å². The summed E-state index contributed by atoms with van der Waals surface area (Å²) in [6.07, 6.45) is 7.30. The molecule has 2 aromatic rings. The molecular weight excluding hydrogens is 514 g/mol. The molecule has 0 saturated carbocycles. The van der Waals surface area contributed by atoms with E-state index in [4.69, 9.17) is 0 Å². The molecule has 2 atom stereocenters. The standard InChI is InChI=1S/C28H43N7O3S/c1-19(2)15-25(36)34-13-8-12-33(18-24-29-10-14-32(24)5)11-7-6-9-30-27(37)23-16-22(34)17-35(23)28(38)26-20(3)31-21(4)39-26/h10,14,19,22-23H,6-9,11-13,15-18H2,1-5H3,(H,30,37)/t22-,23-/m0/s1. The smallest absolute Gasteiger partial charge is 0.266 e. The summed E-state index contributed by atoms with van der Waals surface area (Å²) in [5, 5.41) is 3.91. The number of nitrogens with one attached hydrogen (secondary N) is 1. The van der Waals surface area contributed by atoms with Crippen LogP contribution in [0.5, 0.6) is 0 Å². The highest BCUT2D eigenvalue weighted by atomic mass is 32.1. The summed E-state index contributed by atoms with van der Waals surface area (Å²) >= 11 is 1.37. The summed E-state index contributed by atoms with van der Waals surface area (Å²) in [6.45, 7) is 11.8. The van der Waals surface area contributed by atoms with Crippen molar-refractivity contribution < 1.29 is 14.4 Å². The molecule has 10 nitrogen and oxygen atoms in total. The fourth-order valence-electron chi connectivity index (χ4n) is 5.62. The van der Waals surface area contributed by atoms with E-state index in [1.807, 2.05) is 56.6 Å². The molecule has 4 heterocycles. The van der Waals surface area contributed by atoms with Crippen LogP contribution in [-0.4, -0.2) is 91.8 Å². The maximum atomic E-state index is 13.7. The molecule has 39 heavy (non-hydrogen) atoms. The maximum Gasteiger partial charge on any atom is 0.266 e. The molecule has 0 aromatic carbocycles. The molecule has 0 radical (unpaired) electrons. The number of hydrogen-bond donors (Lipinski definition) is 1. The average molecular weight is 558 g/mol. The Morgan fingerprint density at radius 2 is 1.90 bits per heavy atom. The number of hydrogen-bond acceptors (Lipinski definition) is 7. The lowest BCUT2D eigenvalue weighted by molar-refractivity contribution is -0.134. The van der Waals surface area contributed by atoms with Crippen LogP contribution in [0.1, 0.15) is 72.1 Å². The topological polar surface area (TPSA) is 104 Å². The van der Waals surface area contributed by atoms with Gasteiger partial charge in [0.2, 0.25) is 11.8 Å². The average Bonchev–Trinajstić information content (AvgIpc) is 3.58. The molecule has 2 aliphatic heterocycles. The van der Waals surface area contributed by atoms with E-state index < -0.39 is 6.04 Å². The Morgan fingerprint density at radius 3 is 2.56 bits per heavy atom. The van der Waals surface area contributed by atoms with Gasteiger partial charge in [-0.05, 0) is 52.0 Å². The van der Waals surface area contributed by atoms with Crippen molar-refractivity contribution in [1.82, 2.24) is 34.6 Å². The predicted molar refractivity (Wildman–Crippen MR) is 151 cm³/mol. The van der Waals surface area contributed by atoms with Gasteiger partial charge in [-0.15, -0.1) is 11.3 Å². The van der Waals surface area contributed by atoms with Gasteiger partial charge in [-0.1, -0.05) is 13.8 Å². The van der Waals surface area contributed by atoms with Gasteiger partial charge in [0.1, 0.15) is 16.7 Å². The van der Waals surface area contributed by atoms with Crippen molar-refractivity contribution in [2.75, 3.05) is 32.7 Å². The van der Waals surface area contributed by atoms with E-state index in [0.717, 1.165) is 49.7 Å². The first-order chi connectivity index (χ1) is 18.6. The summed E-state index contributed by atoms with van der Waals surface area (Å²) < 4.78 is 2.04. The molecule has 0 unspecified atom stereocenters. The molecule has 1 N–H and O–H groups in total. The van der Waals surface area contributed by atoms with Crippen LogP contribution >= 0.6 is 11.3 Å². The van der Waals surface area contributed by atoms with Crippen LogP contribution in [0.4, 0.5) is 0 Å². The third-order valence-corrected chi connectivity index (χ3v) is 8.70. The molecule has 3 amide bonds. The van der Waals surface area contributed by atoms with E-state index in [0.29, 0.717) is 43.0 Å². The van der Waals surface area contributed by atoms with Crippen molar-refractivity contribution in [3.8, 4) is 0 Å². The highest BCUT2D eigenvalue weighted by Gasteiger charge is 2.43. The van der Waals surface area contributed by atoms with Crippen molar-refractivity contribution >= 4 is 29.1 Å². The number of aryl methyl sites for hydroxylation is 3. The van der Waals surface area contributed by atoms with E-state index in [1.54, 1.807) is 4.90 Å². The van der Waals surface area contributed by atoms with Gasteiger partial charge < -0.3 is 19.7 Å². The highest BCUT2D eigenvalue weighted by molar-refractivity contribution is 7.13. The Morgan fingerprint density at radius 1 is 1.13 bits per heavy atom. The summed E-state index contributed by atoms with van der Waals surface area (Å²) in [5.74, 6) is 1.03. The summed E-state index contributed by atoms with van der Waals surface area (Å²) in [5.41, 5.74) is 0.691. The molecule has 2 fully saturated rings. The zero-order valence-electron chi connectivity index (χ0n) is 24.0. The van der Waals surface area contributed by atoms with Gasteiger partial charge in [-0.2, -0.15) is 0 Å². The molecule has 2 bridgehead atoms. The minimum absolute atomic E-state index is 0.0935. The first-order valence-corrected chi connectivity index (χ1v) is 15.0. The summed E-state index contributed by atoms with van der Waals surface area (Å²) in [6, 6.07) is -0.794. The number of thiazole rings is 1. The summed E-state index contributed by atoms with van der Waals surface area (Å²) in [4.78, 5) is 56.1. The van der Waals surface area contributed by atoms with Crippen molar-refractivity contribution in [2.45, 2.75) is 78.4 Å². The first-order valence-electron chi connectivity index (χ1n) is 14.1. The lowest BCUT2D eigenvalue weighted by Crippen LogP contribution is -2.46. The third-order valence-electron chi connectivity index (χ3n) is 7.64. The van der Waals surface area contributed by atoms with Gasteiger partial charge in [0.15, 0.2) is 0 Å². The van der Waals surface area contributed by atoms with Crippen molar-refractivity contribution in [1.29, 1.82) is 0 Å². The van der Waals surface area contributed by atoms with Crippen molar-refractivity contribution in [3.63, 3.8) is 0 Å². The van der Waals surface area contributed by atoms with Crippen LogP contribution in [0.2, 0.25) is 0 Å². The molecule has 2 saturated heterocycles. The van der Waals surface area contributed by atoms with Gasteiger partial charge >= 0.3 is 0 Å². The Balaban J connectivity index is 1.57. The largest absolute Gasteiger partial charge is 0.354 e. The molecule has 2 aromatic heterocycles. The number of aromatic nitrogens is 3. The maximum absolute atomic E-state index is 13.7. The molecule has 11 heteroatoms. The van der Waals surface area contributed by atoms with Crippen LogP contribution in [0, 0.1) is 19.8 Å². The van der Waals surface area contributed by atoms with Gasteiger partial charge in [0.05, 0.1) is 23.3 Å². The Bertz CT molecular complexity index is 1160. The SMILES string of the molecule is Cc1nc(C)c(C(=O)N2C[C@@H]3C[C@H]2C(=O)NCCCCN(Cc2nccn2C)CCCN3C(=O)CC(C)C)s1. The lowest BCUT2D eigenvalue weighted by Gasteiger charge is -2.31. The van der Waals surface area contributed by atoms with Crippen LogP contribution in [0.3, 0.4) is 0 Å². The van der Waals surface area contributed by atoms with Crippen molar-refractivity contribution in [3.05, 3.63) is 33.8 Å². The lowest BCUT2D eigenvalue weighted by atomic mass is 10.1. The highest BCUT2D eigenvalue weighted by Crippen LogP contribution is 2.29. The van der Waals surface area contributed by atoms with Crippen LogP contribution in [0.25, 0.3) is 0 Å². The normalized spacial score (nSPS) is 21.7. The monoisotopic (exact) mass is 557 g/mol. The molecular formula is C28H43N7O3S. The number of nitrogens with zero attached hydrogens (tertiary/aromatic N) is 6. The first kappa shape index (κ1) is 29.2. The van der Waals surface area contributed by atoms with E-state index in [-0.39, 0.29) is 29.7 Å². The zero-order chi connectivity index (χ0) is 28.1. The number of carbonyl (C=O) groups excluding carboxylic acids is 3. The fraction of sp³-hybridized carbons (Fsp3) is 0.679. The number of fused-ring (bicyclic) bond motifs is 2. The Kier molecular flexibility index (Phi) is 9.76. The van der Waals surface area contributed by atoms with Crippen molar-refractivity contribution in [2.24, 2.45) is 13.0 Å². The molecule has 0 spiro atoms. The van der Waals surface area contributed by atoms with Crippen LogP contribution < -0.4 is 5.32 Å². The Labute approximate surface area is 235 Å². The second-order valence-corrected chi connectivity index (χ2v) is 12.5. The number of imidazole rings is 1. The second kappa shape index (κ2) is 13.0. The zero-order valence-corrected chi connectivity index (χ0v) is 24.8. The molecule has 4 rings (SSSR count). The minimum Gasteiger partial charge on any atom is -0.354 e. The van der Waals surface area contributed by atoms with Gasteiger partial charge in [-0.25, -0.2) is 9.97 Å². The van der Waals surface area contributed by atoms with E-state index >= 15 is 0 Å². The van der Waals surface area contributed by atoms with Crippen LogP contribution in [-0.2, 0) is 23.2 Å². The number of carbonyl (C=O) groups is 3. The molecule has 214 valence electrons. The van der Waals surface area contributed by atoms with E-state index in [1.165, 1.54) is 11.3 Å². The fourth-order valence-corrected chi connectivity index (χ4v) is 6.50. The van der Waals surface area contributed by atoms with Gasteiger partial charge in [0.25, 0.3) is 5.91 Å². The number of amides is 3. The summed E-state index contributed by atoms with van der Waals surface area (Å²) in [7, 11) is 2.01. The van der Waals surface area contributed by atoms with Gasteiger partial charge in [0, 0.05) is 52.0 Å². The predicted octanol–water partition coefficient (Wildman–Crippen LogP) is 2.75. The molecule has 2 aliphatic rings. The second-order valence-electron chi connectivity index (χ2n) is 11.3. The Hall–Kier alpha value is -2.79. The number of rotatable bonds is 5. The quantitative estimate of drug-likeness (QED) is 0.607. The number of likely N-dealkylation sites (tertiary alicyclic amines) is 1. The van der Waals surface area contributed by atoms with E-state index in [9.17, 15) is 14.4 Å². The molecule has 0 aliphatic carbocycles. The third kappa shape index (κ3) is 7.25.